The smallest absolute Gasteiger partial charge is 0.321 e. The second-order valence-electron chi connectivity index (χ2n) is 10.5. The SMILES string of the molecule is COC[C@@]12CN(C(=O)Nc3ccc(OC)cc3)CCCCN1[C@H](CO)[C@@H]2c1ccc(C#Cc2ccccc2)cc1. The highest BCUT2D eigenvalue weighted by Crippen LogP contribution is 2.50. The van der Waals surface area contributed by atoms with E-state index < -0.39 is 5.54 Å². The Kier molecular flexibility index (Phi) is 8.71. The molecule has 0 saturated carbocycles. The molecule has 0 radical (unpaired) electrons. The minimum absolute atomic E-state index is 0.00275. The zero-order chi connectivity index (χ0) is 28.0. The van der Waals surface area contributed by atoms with Gasteiger partial charge in [0.1, 0.15) is 5.75 Å². The van der Waals surface area contributed by atoms with Crippen LogP contribution in [0, 0.1) is 11.8 Å². The Bertz CT molecular complexity index is 1330. The minimum atomic E-state index is -0.447. The number of rotatable bonds is 6. The van der Waals surface area contributed by atoms with E-state index >= 15 is 0 Å². The fraction of sp³-hybridized carbons (Fsp3) is 0.364. The lowest BCUT2D eigenvalue weighted by atomic mass is 9.64. The average molecular weight is 540 g/mol. The molecule has 2 saturated heterocycles. The first kappa shape index (κ1) is 27.7. The number of carbonyl (C=O) groups excluding carboxylic acids is 1. The predicted molar refractivity (Wildman–Crippen MR) is 157 cm³/mol. The van der Waals surface area contributed by atoms with Crippen LogP contribution in [0.4, 0.5) is 10.5 Å². The highest BCUT2D eigenvalue weighted by Gasteiger charge is 2.61. The van der Waals surface area contributed by atoms with Gasteiger partial charge in [0, 0.05) is 49.0 Å². The summed E-state index contributed by atoms with van der Waals surface area (Å²) in [5.74, 6) is 7.20. The molecule has 2 aliphatic heterocycles. The lowest BCUT2D eigenvalue weighted by Crippen LogP contribution is -2.78. The summed E-state index contributed by atoms with van der Waals surface area (Å²) in [5.41, 5.74) is 3.30. The summed E-state index contributed by atoms with van der Waals surface area (Å²) in [5, 5.41) is 13.5. The van der Waals surface area contributed by atoms with Gasteiger partial charge in [0.05, 0.1) is 25.9 Å². The lowest BCUT2D eigenvalue weighted by molar-refractivity contribution is -0.158. The maximum atomic E-state index is 13.5. The van der Waals surface area contributed by atoms with E-state index in [1.807, 2.05) is 71.6 Å². The zero-order valence-electron chi connectivity index (χ0n) is 23.2. The van der Waals surface area contributed by atoms with Crippen LogP contribution in [0.15, 0.2) is 78.9 Å². The van der Waals surface area contributed by atoms with Gasteiger partial charge in [-0.3, -0.25) is 4.90 Å². The number of hydrogen-bond acceptors (Lipinski definition) is 5. The first-order valence-electron chi connectivity index (χ1n) is 13.8. The first-order valence-corrected chi connectivity index (χ1v) is 13.8. The van der Waals surface area contributed by atoms with Crippen LogP contribution in [0.5, 0.6) is 5.75 Å². The second kappa shape index (κ2) is 12.6. The summed E-state index contributed by atoms with van der Waals surface area (Å²) in [4.78, 5) is 17.8. The van der Waals surface area contributed by atoms with Gasteiger partial charge in [-0.05, 0) is 73.5 Å². The first-order chi connectivity index (χ1) is 19.6. The minimum Gasteiger partial charge on any atom is -0.497 e. The van der Waals surface area contributed by atoms with Crippen molar-refractivity contribution in [3.63, 3.8) is 0 Å². The van der Waals surface area contributed by atoms with Gasteiger partial charge in [-0.1, -0.05) is 42.2 Å². The summed E-state index contributed by atoms with van der Waals surface area (Å²) in [6.07, 6.45) is 1.84. The van der Waals surface area contributed by atoms with Crippen LogP contribution in [0.3, 0.4) is 0 Å². The molecule has 40 heavy (non-hydrogen) atoms. The van der Waals surface area contributed by atoms with Crippen LogP contribution in [-0.2, 0) is 4.74 Å². The van der Waals surface area contributed by atoms with E-state index in [0.29, 0.717) is 19.7 Å². The Morgan fingerprint density at radius 2 is 1.62 bits per heavy atom. The van der Waals surface area contributed by atoms with Gasteiger partial charge in [0.25, 0.3) is 0 Å². The Labute approximate surface area is 236 Å². The monoisotopic (exact) mass is 539 g/mol. The Morgan fingerprint density at radius 3 is 2.27 bits per heavy atom. The summed E-state index contributed by atoms with van der Waals surface area (Å²) < 4.78 is 11.1. The fourth-order valence-corrected chi connectivity index (χ4v) is 6.23. The van der Waals surface area contributed by atoms with Crippen LogP contribution < -0.4 is 10.1 Å². The molecule has 0 aliphatic carbocycles. The Hall–Kier alpha value is -3.83. The van der Waals surface area contributed by atoms with Gasteiger partial charge in [0.2, 0.25) is 0 Å². The molecule has 2 aliphatic rings. The summed E-state index contributed by atoms with van der Waals surface area (Å²) >= 11 is 0. The molecule has 2 N–H and O–H groups in total. The quantitative estimate of drug-likeness (QED) is 0.449. The third kappa shape index (κ3) is 5.71. The van der Waals surface area contributed by atoms with E-state index in [-0.39, 0.29) is 24.6 Å². The van der Waals surface area contributed by atoms with Gasteiger partial charge in [-0.15, -0.1) is 0 Å². The number of amides is 2. The summed E-state index contributed by atoms with van der Waals surface area (Å²) in [6.45, 7) is 2.52. The van der Waals surface area contributed by atoms with Crippen molar-refractivity contribution in [3.05, 3.63) is 95.6 Å². The third-order valence-corrected chi connectivity index (χ3v) is 8.08. The van der Waals surface area contributed by atoms with Crippen molar-refractivity contribution in [2.75, 3.05) is 52.4 Å². The van der Waals surface area contributed by atoms with E-state index in [9.17, 15) is 9.90 Å². The number of nitrogens with zero attached hydrogens (tertiary/aromatic N) is 2. The van der Waals surface area contributed by atoms with E-state index in [0.717, 1.165) is 47.5 Å². The molecule has 0 bridgehead atoms. The van der Waals surface area contributed by atoms with Gasteiger partial charge in [-0.2, -0.15) is 0 Å². The van der Waals surface area contributed by atoms with Crippen molar-refractivity contribution < 1.29 is 19.4 Å². The molecule has 5 rings (SSSR count). The molecular formula is C33H37N3O4. The van der Waals surface area contributed by atoms with E-state index in [1.165, 1.54) is 0 Å². The van der Waals surface area contributed by atoms with Crippen LogP contribution in [0.1, 0.15) is 35.4 Å². The maximum absolute atomic E-state index is 13.5. The zero-order valence-corrected chi connectivity index (χ0v) is 23.2. The molecule has 2 fully saturated rings. The predicted octanol–water partition coefficient (Wildman–Crippen LogP) is 4.57. The second-order valence-corrected chi connectivity index (χ2v) is 10.5. The van der Waals surface area contributed by atoms with Crippen LogP contribution in [0.25, 0.3) is 0 Å². The van der Waals surface area contributed by atoms with Gasteiger partial charge >= 0.3 is 6.03 Å². The van der Waals surface area contributed by atoms with Crippen molar-refractivity contribution in [3.8, 4) is 17.6 Å². The van der Waals surface area contributed by atoms with Crippen molar-refractivity contribution >= 4 is 11.7 Å². The number of benzene rings is 3. The highest BCUT2D eigenvalue weighted by atomic mass is 16.5. The van der Waals surface area contributed by atoms with Crippen molar-refractivity contribution in [1.82, 2.24) is 9.80 Å². The van der Waals surface area contributed by atoms with Crippen molar-refractivity contribution in [2.45, 2.75) is 30.3 Å². The van der Waals surface area contributed by atoms with Crippen molar-refractivity contribution in [1.29, 1.82) is 0 Å². The Morgan fingerprint density at radius 1 is 0.950 bits per heavy atom. The van der Waals surface area contributed by atoms with Gasteiger partial charge in [0.15, 0.2) is 0 Å². The number of urea groups is 1. The molecule has 3 aromatic rings. The Balaban J connectivity index is 1.40. The molecule has 0 aromatic heterocycles. The number of methoxy groups -OCH3 is 2. The number of ether oxygens (including phenoxy) is 2. The molecule has 3 aromatic carbocycles. The number of anilines is 1. The standard InChI is InChI=1S/C33H37N3O4/c1-39-24-33-23-35(32(38)34-28-16-18-29(40-2)19-17-28)20-6-7-21-36(33)30(22-37)31(33)27-14-12-26(13-15-27)11-10-25-8-4-3-5-9-25/h3-5,8-9,12-19,30-31,37H,6-7,20-24H2,1-2H3,(H,34,38)/t30-,31+,33-/m1/s1. The molecule has 7 heteroatoms. The lowest BCUT2D eigenvalue weighted by Gasteiger charge is -2.65. The molecule has 2 heterocycles. The summed E-state index contributed by atoms with van der Waals surface area (Å²) in [7, 11) is 3.33. The van der Waals surface area contributed by atoms with Crippen LogP contribution in [0.2, 0.25) is 0 Å². The van der Waals surface area contributed by atoms with E-state index in [4.69, 9.17) is 9.47 Å². The largest absolute Gasteiger partial charge is 0.497 e. The number of fused-ring (bicyclic) bond motifs is 1. The van der Waals surface area contributed by atoms with Gasteiger partial charge < -0.3 is 24.8 Å². The molecule has 2 amide bonds. The average Bonchev–Trinajstić information content (AvgIpc) is 2.98. The van der Waals surface area contributed by atoms with Crippen LogP contribution >= 0.6 is 0 Å². The topological polar surface area (TPSA) is 74.3 Å². The maximum Gasteiger partial charge on any atom is 0.321 e. The molecule has 0 spiro atoms. The summed E-state index contributed by atoms with van der Waals surface area (Å²) in [6, 6.07) is 25.4. The highest BCUT2D eigenvalue weighted by molar-refractivity contribution is 5.89. The van der Waals surface area contributed by atoms with Gasteiger partial charge in [-0.25, -0.2) is 4.79 Å². The van der Waals surface area contributed by atoms with Crippen LogP contribution in [-0.4, -0.2) is 79.6 Å². The molecule has 3 atom stereocenters. The normalized spacial score (nSPS) is 22.5. The van der Waals surface area contributed by atoms with E-state index in [1.54, 1.807) is 14.2 Å². The number of aliphatic hydroxyl groups is 1. The molecule has 208 valence electrons. The molecule has 0 unspecified atom stereocenters. The molecule has 7 nitrogen and oxygen atoms in total. The number of hydrogen-bond donors (Lipinski definition) is 2. The number of aliphatic hydroxyl groups excluding tert-OH is 1. The van der Waals surface area contributed by atoms with E-state index in [2.05, 4.69) is 34.2 Å². The van der Waals surface area contributed by atoms with Crippen molar-refractivity contribution in [2.24, 2.45) is 0 Å². The third-order valence-electron chi connectivity index (χ3n) is 8.08. The number of carbonyl (C=O) groups is 1. The molecular weight excluding hydrogens is 502 g/mol. The fourth-order valence-electron chi connectivity index (χ4n) is 6.23. The number of nitrogens with one attached hydrogen (secondary N) is 1.